The minimum absolute atomic E-state index is 0.136. The highest BCUT2D eigenvalue weighted by atomic mass is 16.2. The number of rotatable bonds is 7. The molecule has 2 N–H and O–H groups in total. The van der Waals surface area contributed by atoms with Crippen LogP contribution >= 0.6 is 0 Å². The Bertz CT molecular complexity index is 561. The zero-order valence-electron chi connectivity index (χ0n) is 13.9. The highest BCUT2D eigenvalue weighted by Crippen LogP contribution is 2.09. The van der Waals surface area contributed by atoms with Crippen molar-refractivity contribution in [3.8, 4) is 6.07 Å². The summed E-state index contributed by atoms with van der Waals surface area (Å²) < 4.78 is 0. The van der Waals surface area contributed by atoms with Gasteiger partial charge in [-0.05, 0) is 38.0 Å². The SMILES string of the molecule is CCCNC(=O)NC(=O)CN(Cc1ccc(C#N)cc1)C(C)C. The highest BCUT2D eigenvalue weighted by molar-refractivity contribution is 5.95. The second kappa shape index (κ2) is 9.59. The van der Waals surface area contributed by atoms with Gasteiger partial charge < -0.3 is 5.32 Å². The number of nitrogens with zero attached hydrogens (tertiary/aromatic N) is 2. The van der Waals surface area contributed by atoms with Crippen LogP contribution < -0.4 is 10.6 Å². The standard InChI is InChI=1S/C17H24N4O2/c1-4-9-19-17(23)20-16(22)12-21(13(2)3)11-15-7-5-14(10-18)6-8-15/h5-8,13H,4,9,11-12H2,1-3H3,(H2,19,20,22,23). The zero-order chi connectivity index (χ0) is 17.2. The molecule has 0 aliphatic rings. The van der Waals surface area contributed by atoms with E-state index in [1.54, 1.807) is 12.1 Å². The molecule has 6 nitrogen and oxygen atoms in total. The summed E-state index contributed by atoms with van der Waals surface area (Å²) in [6.07, 6.45) is 0.818. The van der Waals surface area contributed by atoms with E-state index in [4.69, 9.17) is 5.26 Å². The number of hydrogen-bond acceptors (Lipinski definition) is 4. The van der Waals surface area contributed by atoms with E-state index in [0.29, 0.717) is 18.7 Å². The molecule has 0 unspecified atom stereocenters. The number of benzene rings is 1. The molecular weight excluding hydrogens is 292 g/mol. The molecule has 0 spiro atoms. The third-order valence-electron chi connectivity index (χ3n) is 3.33. The highest BCUT2D eigenvalue weighted by Gasteiger charge is 2.16. The molecule has 0 bridgehead atoms. The fourth-order valence-electron chi connectivity index (χ4n) is 1.97. The van der Waals surface area contributed by atoms with Crippen LogP contribution in [0.5, 0.6) is 0 Å². The summed E-state index contributed by atoms with van der Waals surface area (Å²) in [4.78, 5) is 25.4. The fraction of sp³-hybridized carbons (Fsp3) is 0.471. The minimum atomic E-state index is -0.459. The average Bonchev–Trinajstić information content (AvgIpc) is 2.52. The second-order valence-corrected chi connectivity index (χ2v) is 5.61. The molecule has 0 aliphatic heterocycles. The van der Waals surface area contributed by atoms with E-state index in [1.165, 1.54) is 0 Å². The summed E-state index contributed by atoms with van der Waals surface area (Å²) >= 11 is 0. The van der Waals surface area contributed by atoms with E-state index in [2.05, 4.69) is 16.7 Å². The Morgan fingerprint density at radius 3 is 2.43 bits per heavy atom. The van der Waals surface area contributed by atoms with Crippen molar-refractivity contribution in [2.75, 3.05) is 13.1 Å². The molecule has 1 aromatic carbocycles. The number of nitrogens with one attached hydrogen (secondary N) is 2. The van der Waals surface area contributed by atoms with Gasteiger partial charge in [-0.15, -0.1) is 0 Å². The Morgan fingerprint density at radius 1 is 1.26 bits per heavy atom. The van der Waals surface area contributed by atoms with Crippen molar-refractivity contribution in [3.05, 3.63) is 35.4 Å². The summed E-state index contributed by atoms with van der Waals surface area (Å²) in [5, 5.41) is 13.8. The summed E-state index contributed by atoms with van der Waals surface area (Å²) in [6, 6.07) is 9.03. The van der Waals surface area contributed by atoms with Crippen LogP contribution in [0.3, 0.4) is 0 Å². The third-order valence-corrected chi connectivity index (χ3v) is 3.33. The van der Waals surface area contributed by atoms with Crippen LogP contribution in [0.25, 0.3) is 0 Å². The molecule has 0 atom stereocenters. The first kappa shape index (κ1) is 18.7. The Labute approximate surface area is 137 Å². The van der Waals surface area contributed by atoms with E-state index in [-0.39, 0.29) is 18.5 Å². The number of carbonyl (C=O) groups excluding carboxylic acids is 2. The Morgan fingerprint density at radius 2 is 1.91 bits per heavy atom. The topological polar surface area (TPSA) is 85.2 Å². The molecular formula is C17H24N4O2. The summed E-state index contributed by atoms with van der Waals surface area (Å²) in [5.74, 6) is -0.332. The minimum Gasteiger partial charge on any atom is -0.338 e. The Hall–Kier alpha value is -2.39. The summed E-state index contributed by atoms with van der Waals surface area (Å²) in [5.41, 5.74) is 1.62. The van der Waals surface area contributed by atoms with E-state index in [1.807, 2.05) is 37.8 Å². The van der Waals surface area contributed by atoms with Crippen molar-refractivity contribution >= 4 is 11.9 Å². The van der Waals surface area contributed by atoms with Gasteiger partial charge in [0, 0.05) is 19.1 Å². The Balaban J connectivity index is 2.59. The van der Waals surface area contributed by atoms with Gasteiger partial charge in [0.05, 0.1) is 18.2 Å². The molecule has 124 valence electrons. The molecule has 0 aromatic heterocycles. The molecule has 6 heteroatoms. The van der Waals surface area contributed by atoms with Gasteiger partial charge in [0.25, 0.3) is 0 Å². The first-order valence-corrected chi connectivity index (χ1v) is 7.77. The van der Waals surface area contributed by atoms with E-state index in [0.717, 1.165) is 12.0 Å². The number of amides is 3. The number of carbonyl (C=O) groups is 2. The molecule has 0 fully saturated rings. The van der Waals surface area contributed by atoms with Gasteiger partial charge >= 0.3 is 6.03 Å². The summed E-state index contributed by atoms with van der Waals surface area (Å²) in [7, 11) is 0. The normalized spacial score (nSPS) is 10.4. The number of urea groups is 1. The predicted molar refractivity (Wildman–Crippen MR) is 88.5 cm³/mol. The van der Waals surface area contributed by atoms with Gasteiger partial charge in [-0.1, -0.05) is 19.1 Å². The lowest BCUT2D eigenvalue weighted by atomic mass is 10.1. The molecule has 0 radical (unpaired) electrons. The van der Waals surface area contributed by atoms with Gasteiger partial charge in [-0.3, -0.25) is 15.0 Å². The van der Waals surface area contributed by atoms with Crippen molar-refractivity contribution in [1.82, 2.24) is 15.5 Å². The molecule has 0 aliphatic carbocycles. The Kier molecular flexibility index (Phi) is 7.78. The third kappa shape index (κ3) is 6.94. The monoisotopic (exact) mass is 316 g/mol. The van der Waals surface area contributed by atoms with Crippen LogP contribution in [-0.4, -0.2) is 36.0 Å². The average molecular weight is 316 g/mol. The lowest BCUT2D eigenvalue weighted by molar-refractivity contribution is -0.121. The van der Waals surface area contributed by atoms with Crippen molar-refractivity contribution in [3.63, 3.8) is 0 Å². The van der Waals surface area contributed by atoms with E-state index < -0.39 is 6.03 Å². The molecule has 1 rings (SSSR count). The predicted octanol–water partition coefficient (Wildman–Crippen LogP) is 2.00. The zero-order valence-corrected chi connectivity index (χ0v) is 13.9. The van der Waals surface area contributed by atoms with Gasteiger partial charge in [0.2, 0.25) is 5.91 Å². The maximum atomic E-state index is 12.0. The van der Waals surface area contributed by atoms with E-state index >= 15 is 0 Å². The van der Waals surface area contributed by atoms with E-state index in [9.17, 15) is 9.59 Å². The van der Waals surface area contributed by atoms with Gasteiger partial charge in [-0.25, -0.2) is 4.79 Å². The maximum absolute atomic E-state index is 12.0. The number of hydrogen-bond donors (Lipinski definition) is 2. The van der Waals surface area contributed by atoms with Crippen molar-refractivity contribution in [2.24, 2.45) is 0 Å². The van der Waals surface area contributed by atoms with Crippen LogP contribution in [0.4, 0.5) is 4.79 Å². The van der Waals surface area contributed by atoms with Crippen molar-refractivity contribution < 1.29 is 9.59 Å². The fourth-order valence-corrected chi connectivity index (χ4v) is 1.97. The molecule has 0 heterocycles. The van der Waals surface area contributed by atoms with Gasteiger partial charge in [-0.2, -0.15) is 5.26 Å². The molecule has 3 amide bonds. The quantitative estimate of drug-likeness (QED) is 0.806. The second-order valence-electron chi connectivity index (χ2n) is 5.61. The van der Waals surface area contributed by atoms with Crippen LogP contribution in [0.1, 0.15) is 38.3 Å². The first-order chi connectivity index (χ1) is 11.0. The number of imide groups is 1. The lowest BCUT2D eigenvalue weighted by Gasteiger charge is -2.25. The maximum Gasteiger partial charge on any atom is 0.321 e. The van der Waals surface area contributed by atoms with Gasteiger partial charge in [0.1, 0.15) is 0 Å². The largest absolute Gasteiger partial charge is 0.338 e. The number of nitriles is 1. The van der Waals surface area contributed by atoms with Crippen molar-refractivity contribution in [1.29, 1.82) is 5.26 Å². The smallest absolute Gasteiger partial charge is 0.321 e. The molecule has 0 saturated heterocycles. The molecule has 0 saturated carbocycles. The first-order valence-electron chi connectivity index (χ1n) is 7.77. The van der Waals surface area contributed by atoms with Gasteiger partial charge in [0.15, 0.2) is 0 Å². The van der Waals surface area contributed by atoms with Crippen LogP contribution in [-0.2, 0) is 11.3 Å². The summed E-state index contributed by atoms with van der Waals surface area (Å²) in [6.45, 7) is 7.19. The van der Waals surface area contributed by atoms with Crippen LogP contribution in [0.15, 0.2) is 24.3 Å². The molecule has 1 aromatic rings. The van der Waals surface area contributed by atoms with Crippen LogP contribution in [0.2, 0.25) is 0 Å². The lowest BCUT2D eigenvalue weighted by Crippen LogP contribution is -2.46. The molecule has 23 heavy (non-hydrogen) atoms. The van der Waals surface area contributed by atoms with Crippen molar-refractivity contribution in [2.45, 2.75) is 39.8 Å². The van der Waals surface area contributed by atoms with Crippen LogP contribution in [0, 0.1) is 11.3 Å².